The highest BCUT2D eigenvalue weighted by atomic mass is 32.1. The molecule has 0 spiro atoms. The van der Waals surface area contributed by atoms with Crippen LogP contribution in [0.1, 0.15) is 38.6 Å². The van der Waals surface area contributed by atoms with Gasteiger partial charge in [0.25, 0.3) is 0 Å². The van der Waals surface area contributed by atoms with Crippen molar-refractivity contribution in [2.45, 2.75) is 26.8 Å². The van der Waals surface area contributed by atoms with E-state index >= 15 is 0 Å². The average Bonchev–Trinajstić information content (AvgIpc) is 2.69. The molecule has 2 N–H and O–H groups in total. The van der Waals surface area contributed by atoms with Crippen LogP contribution >= 0.6 is 11.3 Å². The summed E-state index contributed by atoms with van der Waals surface area (Å²) in [5.41, 5.74) is 1.99. The number of nitrogens with one attached hydrogen (secondary N) is 1. The van der Waals surface area contributed by atoms with Gasteiger partial charge in [-0.05, 0) is 38.5 Å². The summed E-state index contributed by atoms with van der Waals surface area (Å²) in [5.74, 6) is -0.971. The second-order valence-corrected chi connectivity index (χ2v) is 5.92. The van der Waals surface area contributed by atoms with Gasteiger partial charge >= 0.3 is 5.97 Å². The van der Waals surface area contributed by atoms with E-state index in [1.165, 1.54) is 21.5 Å². The molecule has 2 heterocycles. The third-order valence-corrected chi connectivity index (χ3v) is 3.95. The number of aromatic carboxylic acids is 1. The number of rotatable bonds is 4. The fraction of sp³-hybridized carbons (Fsp3) is 0.286. The minimum absolute atomic E-state index is 0.0606. The second-order valence-electron chi connectivity index (χ2n) is 4.46. The van der Waals surface area contributed by atoms with Crippen molar-refractivity contribution in [3.05, 3.63) is 45.4 Å². The highest BCUT2D eigenvalue weighted by Crippen LogP contribution is 2.29. The predicted molar refractivity (Wildman–Crippen MR) is 77.0 cm³/mol. The maximum absolute atomic E-state index is 11.1. The molecular weight excluding hydrogens is 260 g/mol. The molecule has 0 aliphatic heterocycles. The minimum atomic E-state index is -0.971. The summed E-state index contributed by atoms with van der Waals surface area (Å²) in [7, 11) is 0. The lowest BCUT2D eigenvalue weighted by atomic mass is 10.1. The van der Waals surface area contributed by atoms with Crippen molar-refractivity contribution in [3.63, 3.8) is 0 Å². The number of hydrogen-bond acceptors (Lipinski definition) is 4. The molecule has 1 unspecified atom stereocenters. The Hall–Kier alpha value is -1.88. The van der Waals surface area contributed by atoms with Crippen molar-refractivity contribution in [2.24, 2.45) is 0 Å². The second kappa shape index (κ2) is 5.40. The largest absolute Gasteiger partial charge is 0.478 e. The Bertz CT molecular complexity index is 607. The maximum atomic E-state index is 11.1. The number of hydrogen-bond donors (Lipinski definition) is 2. The van der Waals surface area contributed by atoms with E-state index in [2.05, 4.69) is 30.2 Å². The van der Waals surface area contributed by atoms with Crippen LogP contribution in [0.3, 0.4) is 0 Å². The molecule has 0 radical (unpaired) electrons. The first-order valence-electron chi connectivity index (χ1n) is 6.00. The van der Waals surface area contributed by atoms with E-state index < -0.39 is 5.97 Å². The zero-order chi connectivity index (χ0) is 14.0. The van der Waals surface area contributed by atoms with Gasteiger partial charge in [-0.25, -0.2) is 4.79 Å². The number of nitrogens with zero attached hydrogens (tertiary/aromatic N) is 1. The Labute approximate surface area is 116 Å². The molecule has 0 fully saturated rings. The predicted octanol–water partition coefficient (Wildman–Crippen LogP) is 3.63. The van der Waals surface area contributed by atoms with E-state index in [9.17, 15) is 4.79 Å². The monoisotopic (exact) mass is 276 g/mol. The zero-order valence-corrected chi connectivity index (χ0v) is 11.9. The van der Waals surface area contributed by atoms with Crippen LogP contribution in [0.4, 0.5) is 5.69 Å². The lowest BCUT2D eigenvalue weighted by molar-refractivity contribution is 0.0697. The number of aromatic nitrogens is 1. The molecule has 5 heteroatoms. The lowest BCUT2D eigenvalue weighted by Crippen LogP contribution is -2.11. The Morgan fingerprint density at radius 3 is 2.79 bits per heavy atom. The Morgan fingerprint density at radius 2 is 2.21 bits per heavy atom. The fourth-order valence-corrected chi connectivity index (χ4v) is 3.10. The molecule has 0 amide bonds. The quantitative estimate of drug-likeness (QED) is 0.895. The Morgan fingerprint density at radius 1 is 1.47 bits per heavy atom. The number of anilines is 1. The number of aryl methyl sites for hydroxylation is 2. The SMILES string of the molecule is Cc1cc(C(C)Nc2ccncc2C(=O)O)c(C)s1. The van der Waals surface area contributed by atoms with Gasteiger partial charge in [-0.2, -0.15) is 0 Å². The van der Waals surface area contributed by atoms with Crippen molar-refractivity contribution in [1.29, 1.82) is 0 Å². The molecule has 0 saturated heterocycles. The Kier molecular flexibility index (Phi) is 3.85. The van der Waals surface area contributed by atoms with Crippen LogP contribution in [-0.2, 0) is 0 Å². The number of carboxylic acid groups (broad SMARTS) is 1. The molecule has 0 aromatic carbocycles. The standard InChI is InChI=1S/C14H16N2O2S/c1-8-6-11(10(3)19-8)9(2)16-13-4-5-15-7-12(13)14(17)18/h4-7,9H,1-3H3,(H,15,16)(H,17,18). The van der Waals surface area contributed by atoms with Gasteiger partial charge < -0.3 is 10.4 Å². The van der Waals surface area contributed by atoms with Crippen molar-refractivity contribution >= 4 is 23.0 Å². The number of pyridine rings is 1. The van der Waals surface area contributed by atoms with E-state index in [1.54, 1.807) is 23.6 Å². The van der Waals surface area contributed by atoms with E-state index in [1.807, 2.05) is 6.92 Å². The van der Waals surface area contributed by atoms with Gasteiger partial charge in [0, 0.05) is 28.2 Å². The van der Waals surface area contributed by atoms with Gasteiger partial charge in [-0.3, -0.25) is 4.98 Å². The maximum Gasteiger partial charge on any atom is 0.339 e. The van der Waals surface area contributed by atoms with E-state index in [4.69, 9.17) is 5.11 Å². The summed E-state index contributed by atoms with van der Waals surface area (Å²) in [6, 6.07) is 3.89. The van der Waals surface area contributed by atoms with Gasteiger partial charge in [0.05, 0.1) is 5.69 Å². The van der Waals surface area contributed by atoms with Crippen LogP contribution in [0.25, 0.3) is 0 Å². The zero-order valence-electron chi connectivity index (χ0n) is 11.1. The highest BCUT2D eigenvalue weighted by molar-refractivity contribution is 7.12. The first kappa shape index (κ1) is 13.5. The van der Waals surface area contributed by atoms with Crippen LogP contribution < -0.4 is 5.32 Å². The van der Waals surface area contributed by atoms with Crippen molar-refractivity contribution < 1.29 is 9.90 Å². The van der Waals surface area contributed by atoms with Gasteiger partial charge in [-0.1, -0.05) is 0 Å². The molecule has 2 aromatic heterocycles. The number of carboxylic acids is 1. The lowest BCUT2D eigenvalue weighted by Gasteiger charge is -2.16. The number of thiophene rings is 1. The van der Waals surface area contributed by atoms with Crippen LogP contribution in [0.15, 0.2) is 24.5 Å². The smallest absolute Gasteiger partial charge is 0.339 e. The molecule has 0 bridgehead atoms. The fourth-order valence-electron chi connectivity index (χ4n) is 2.08. The third-order valence-electron chi connectivity index (χ3n) is 2.97. The summed E-state index contributed by atoms with van der Waals surface area (Å²) in [4.78, 5) is 17.5. The van der Waals surface area contributed by atoms with Crippen molar-refractivity contribution in [1.82, 2.24) is 4.98 Å². The Balaban J connectivity index is 2.26. The van der Waals surface area contributed by atoms with E-state index in [-0.39, 0.29) is 11.6 Å². The molecule has 0 aliphatic rings. The average molecular weight is 276 g/mol. The summed E-state index contributed by atoms with van der Waals surface area (Å²) < 4.78 is 0. The molecule has 0 aliphatic carbocycles. The van der Waals surface area contributed by atoms with Gasteiger partial charge in [0.1, 0.15) is 5.56 Å². The van der Waals surface area contributed by atoms with Crippen LogP contribution in [0.2, 0.25) is 0 Å². The molecule has 0 saturated carbocycles. The van der Waals surface area contributed by atoms with Crippen LogP contribution in [0.5, 0.6) is 0 Å². The molecule has 19 heavy (non-hydrogen) atoms. The topological polar surface area (TPSA) is 62.2 Å². The van der Waals surface area contributed by atoms with Gasteiger partial charge in [-0.15, -0.1) is 11.3 Å². The van der Waals surface area contributed by atoms with Crippen LogP contribution in [-0.4, -0.2) is 16.1 Å². The molecule has 4 nitrogen and oxygen atoms in total. The van der Waals surface area contributed by atoms with Gasteiger partial charge in [0.15, 0.2) is 0 Å². The first-order valence-corrected chi connectivity index (χ1v) is 6.81. The summed E-state index contributed by atoms with van der Waals surface area (Å²) in [5, 5.41) is 12.4. The first-order chi connectivity index (χ1) is 8.99. The molecule has 1 atom stereocenters. The van der Waals surface area contributed by atoms with E-state index in [0.717, 1.165) is 0 Å². The molecule has 2 aromatic rings. The normalized spacial score (nSPS) is 12.2. The summed E-state index contributed by atoms with van der Waals surface area (Å²) in [6.45, 7) is 6.18. The summed E-state index contributed by atoms with van der Waals surface area (Å²) >= 11 is 1.75. The molecule has 100 valence electrons. The van der Waals surface area contributed by atoms with Crippen LogP contribution in [0, 0.1) is 13.8 Å². The molecular formula is C14H16N2O2S. The van der Waals surface area contributed by atoms with Crippen molar-refractivity contribution in [2.75, 3.05) is 5.32 Å². The van der Waals surface area contributed by atoms with E-state index in [0.29, 0.717) is 5.69 Å². The van der Waals surface area contributed by atoms with Crippen molar-refractivity contribution in [3.8, 4) is 0 Å². The minimum Gasteiger partial charge on any atom is -0.478 e. The number of carbonyl (C=O) groups is 1. The summed E-state index contributed by atoms with van der Waals surface area (Å²) in [6.07, 6.45) is 2.95. The third kappa shape index (κ3) is 2.93. The molecule has 2 rings (SSSR count). The highest BCUT2D eigenvalue weighted by Gasteiger charge is 2.15. The van der Waals surface area contributed by atoms with Gasteiger partial charge in [0.2, 0.25) is 0 Å².